The van der Waals surface area contributed by atoms with Crippen molar-refractivity contribution in [3.05, 3.63) is 200 Å². The number of benzene rings is 7. The van der Waals surface area contributed by atoms with Gasteiger partial charge in [-0.3, -0.25) is 0 Å². The van der Waals surface area contributed by atoms with Crippen molar-refractivity contribution in [1.29, 1.82) is 0 Å². The first-order valence-corrected chi connectivity index (χ1v) is 20.1. The molecule has 0 amide bonds. The molecule has 3 nitrogen and oxygen atoms in total. The van der Waals surface area contributed by atoms with Crippen molar-refractivity contribution in [2.45, 2.75) is 12.0 Å². The van der Waals surface area contributed by atoms with E-state index in [4.69, 9.17) is 4.74 Å². The lowest BCUT2D eigenvalue weighted by atomic mass is 9.89. The fourth-order valence-corrected chi connectivity index (χ4v) is 10.6. The second kappa shape index (κ2) is 12.3. The number of nitrogens with zero attached hydrogens (tertiary/aromatic N) is 2. The molecule has 7 aromatic carbocycles. The van der Waals surface area contributed by atoms with Gasteiger partial charge in [0.15, 0.2) is 0 Å². The molecule has 264 valence electrons. The van der Waals surface area contributed by atoms with E-state index in [-0.39, 0.29) is 12.0 Å². The Morgan fingerprint density at radius 3 is 1.54 bits per heavy atom. The lowest BCUT2D eigenvalue weighted by Crippen LogP contribution is -2.18. The molecule has 0 fully saturated rings. The highest BCUT2D eigenvalue weighted by Gasteiger charge is 2.35. The van der Waals surface area contributed by atoms with E-state index in [1.165, 1.54) is 87.0 Å². The van der Waals surface area contributed by atoms with Crippen LogP contribution in [0.5, 0.6) is 5.75 Å². The Morgan fingerprint density at radius 2 is 0.964 bits per heavy atom. The molecule has 2 aliphatic rings. The summed E-state index contributed by atoms with van der Waals surface area (Å²) >= 11 is 1.87. The molecule has 4 heterocycles. The lowest BCUT2D eigenvalue weighted by Gasteiger charge is -2.20. The molecule has 2 atom stereocenters. The second-order valence-electron chi connectivity index (χ2n) is 14.8. The molecule has 0 radical (unpaired) electrons. The number of fused-ring (bicyclic) bond motifs is 9. The minimum atomic E-state index is -0.0536. The standard InChI is InChI=1S/C52H34N2OS/c1-3-15-33(16-4-1)49-50(34-17-5-2-6-18-34)52(54-45-25-13-9-21-39(45)40-22-10-14-26-46(40)54)56-51(49)35-27-29-41-42-32-36(28-30-47(42)55-48(41)31-35)53-43-23-11-7-19-37(43)38-20-8-12-24-44(38)53/h1-32,42,47H. The second-order valence-corrected chi connectivity index (χ2v) is 15.8. The number of aromatic nitrogens is 2. The summed E-state index contributed by atoms with van der Waals surface area (Å²) in [5, 5.41) is 6.26. The van der Waals surface area contributed by atoms with E-state index in [1.807, 2.05) is 11.3 Å². The van der Waals surface area contributed by atoms with Gasteiger partial charge in [-0.05, 0) is 65.3 Å². The molecule has 3 aromatic heterocycles. The van der Waals surface area contributed by atoms with Crippen LogP contribution in [0.3, 0.4) is 0 Å². The van der Waals surface area contributed by atoms with Crippen LogP contribution in [0.4, 0.5) is 0 Å². The van der Waals surface area contributed by atoms with Gasteiger partial charge in [0.1, 0.15) is 16.9 Å². The van der Waals surface area contributed by atoms with Crippen LogP contribution in [-0.2, 0) is 0 Å². The molecule has 1 aliphatic carbocycles. The Kier molecular flexibility index (Phi) is 6.92. The van der Waals surface area contributed by atoms with Crippen LogP contribution in [-0.4, -0.2) is 15.2 Å². The summed E-state index contributed by atoms with van der Waals surface area (Å²) < 4.78 is 11.7. The fourth-order valence-electron chi connectivity index (χ4n) is 9.25. The Balaban J connectivity index is 1.06. The summed E-state index contributed by atoms with van der Waals surface area (Å²) in [5.41, 5.74) is 13.3. The Labute approximate surface area is 328 Å². The predicted molar refractivity (Wildman–Crippen MR) is 235 cm³/mol. The van der Waals surface area contributed by atoms with Crippen LogP contribution in [0, 0.1) is 0 Å². The van der Waals surface area contributed by atoms with Gasteiger partial charge >= 0.3 is 0 Å². The maximum absolute atomic E-state index is 6.83. The molecular weight excluding hydrogens is 701 g/mol. The van der Waals surface area contributed by atoms with Gasteiger partial charge in [0.25, 0.3) is 0 Å². The van der Waals surface area contributed by atoms with E-state index >= 15 is 0 Å². The molecule has 12 rings (SSSR count). The van der Waals surface area contributed by atoms with Gasteiger partial charge in [-0.1, -0.05) is 146 Å². The molecule has 0 saturated heterocycles. The Bertz CT molecular complexity index is 3130. The highest BCUT2D eigenvalue weighted by molar-refractivity contribution is 7.19. The first kappa shape index (κ1) is 31.5. The topological polar surface area (TPSA) is 19.1 Å². The summed E-state index contributed by atoms with van der Waals surface area (Å²) in [4.78, 5) is 1.23. The zero-order chi connectivity index (χ0) is 36.7. The van der Waals surface area contributed by atoms with Gasteiger partial charge < -0.3 is 13.9 Å². The van der Waals surface area contributed by atoms with Crippen molar-refractivity contribution in [2.24, 2.45) is 0 Å². The van der Waals surface area contributed by atoms with Crippen LogP contribution in [0.25, 0.3) is 87.0 Å². The van der Waals surface area contributed by atoms with Gasteiger partial charge in [-0.2, -0.15) is 0 Å². The van der Waals surface area contributed by atoms with E-state index in [2.05, 4.69) is 203 Å². The summed E-state index contributed by atoms with van der Waals surface area (Å²) in [5.74, 6) is 1.07. The van der Waals surface area contributed by atoms with Crippen LogP contribution < -0.4 is 4.74 Å². The maximum Gasteiger partial charge on any atom is 0.128 e. The summed E-state index contributed by atoms with van der Waals surface area (Å²) in [6, 6.07) is 63.7. The number of rotatable bonds is 5. The zero-order valence-electron chi connectivity index (χ0n) is 30.3. The van der Waals surface area contributed by atoms with Crippen molar-refractivity contribution in [3.63, 3.8) is 0 Å². The molecule has 0 spiro atoms. The molecule has 0 saturated carbocycles. The normalized spacial score (nSPS) is 16.0. The quantitative estimate of drug-likeness (QED) is 0.172. The number of thiophene rings is 1. The third-order valence-electron chi connectivity index (χ3n) is 11.7. The van der Waals surface area contributed by atoms with Crippen molar-refractivity contribution >= 4 is 60.6 Å². The minimum absolute atomic E-state index is 0.0536. The van der Waals surface area contributed by atoms with E-state index < -0.39 is 0 Å². The van der Waals surface area contributed by atoms with Gasteiger partial charge in [-0.25, -0.2) is 0 Å². The number of allylic oxidation sites excluding steroid dienone is 2. The van der Waals surface area contributed by atoms with E-state index in [9.17, 15) is 0 Å². The smallest absolute Gasteiger partial charge is 0.128 e. The SMILES string of the molecule is C1=CC2Oc3cc(-c4sc(-n5c6ccccc6c6ccccc65)c(-c5ccccc5)c4-c4ccccc4)ccc3C2C=C1n1c2ccccc2c2ccccc21. The van der Waals surface area contributed by atoms with Gasteiger partial charge in [0.05, 0.1) is 22.1 Å². The molecule has 56 heavy (non-hydrogen) atoms. The van der Waals surface area contributed by atoms with Crippen LogP contribution >= 0.6 is 11.3 Å². The average molecular weight is 735 g/mol. The number of ether oxygens (including phenoxy) is 1. The minimum Gasteiger partial charge on any atom is -0.485 e. The van der Waals surface area contributed by atoms with Gasteiger partial charge in [-0.15, -0.1) is 11.3 Å². The highest BCUT2D eigenvalue weighted by atomic mass is 32.1. The van der Waals surface area contributed by atoms with Crippen molar-refractivity contribution < 1.29 is 4.74 Å². The first-order valence-electron chi connectivity index (χ1n) is 19.3. The zero-order valence-corrected chi connectivity index (χ0v) is 31.2. The third-order valence-corrected chi connectivity index (χ3v) is 12.9. The summed E-state index contributed by atoms with van der Waals surface area (Å²) in [7, 11) is 0. The number of hydrogen-bond donors (Lipinski definition) is 0. The highest BCUT2D eigenvalue weighted by Crippen LogP contribution is 2.53. The van der Waals surface area contributed by atoms with E-state index in [1.54, 1.807) is 0 Å². The van der Waals surface area contributed by atoms with Crippen LogP contribution in [0.2, 0.25) is 0 Å². The molecule has 1 aliphatic heterocycles. The first-order chi connectivity index (χ1) is 27.8. The molecule has 10 aromatic rings. The maximum atomic E-state index is 6.83. The largest absolute Gasteiger partial charge is 0.485 e. The van der Waals surface area contributed by atoms with Crippen molar-refractivity contribution in [3.8, 4) is 43.4 Å². The van der Waals surface area contributed by atoms with E-state index in [0.29, 0.717) is 0 Å². The fraction of sp³-hybridized carbons (Fsp3) is 0.0385. The van der Waals surface area contributed by atoms with Crippen molar-refractivity contribution in [1.82, 2.24) is 9.13 Å². The van der Waals surface area contributed by atoms with E-state index in [0.717, 1.165) is 11.3 Å². The predicted octanol–water partition coefficient (Wildman–Crippen LogP) is 13.9. The molecule has 4 heteroatoms. The third kappa shape index (κ3) is 4.63. The Morgan fingerprint density at radius 1 is 0.464 bits per heavy atom. The van der Waals surface area contributed by atoms with Gasteiger partial charge in [0, 0.05) is 54.7 Å². The lowest BCUT2D eigenvalue weighted by molar-refractivity contribution is 0.269. The molecule has 0 bridgehead atoms. The summed E-state index contributed by atoms with van der Waals surface area (Å²) in [6.45, 7) is 0. The van der Waals surface area contributed by atoms with Crippen LogP contribution in [0.15, 0.2) is 194 Å². The molecule has 2 unspecified atom stereocenters. The number of para-hydroxylation sites is 4. The Hall–Kier alpha value is -6.88. The monoisotopic (exact) mass is 734 g/mol. The molecule has 0 N–H and O–H groups in total. The van der Waals surface area contributed by atoms with Gasteiger partial charge in [0.2, 0.25) is 0 Å². The molecular formula is C52H34N2OS. The van der Waals surface area contributed by atoms with Crippen LogP contribution in [0.1, 0.15) is 11.5 Å². The number of hydrogen-bond acceptors (Lipinski definition) is 2. The average Bonchev–Trinajstić information content (AvgIpc) is 4.01. The summed E-state index contributed by atoms with van der Waals surface area (Å²) in [6.07, 6.45) is 6.84. The van der Waals surface area contributed by atoms with Crippen molar-refractivity contribution in [2.75, 3.05) is 0 Å².